The van der Waals surface area contributed by atoms with Gasteiger partial charge >= 0.3 is 0 Å². The first-order valence-electron chi connectivity index (χ1n) is 6.19. The van der Waals surface area contributed by atoms with E-state index >= 15 is 0 Å². The summed E-state index contributed by atoms with van der Waals surface area (Å²) in [7, 11) is 3.27. The third-order valence-corrected chi connectivity index (χ3v) is 3.35. The molecule has 2 rings (SSSR count). The van der Waals surface area contributed by atoms with E-state index in [1.54, 1.807) is 14.2 Å². The summed E-state index contributed by atoms with van der Waals surface area (Å²) in [6.45, 7) is 1.56. The minimum atomic E-state index is 0.0565. The monoisotopic (exact) mass is 249 g/mol. The van der Waals surface area contributed by atoms with E-state index in [4.69, 9.17) is 9.47 Å². The molecule has 4 nitrogen and oxygen atoms in total. The minimum absolute atomic E-state index is 0.0565. The molecule has 0 spiro atoms. The molecular weight excluding hydrogens is 230 g/mol. The van der Waals surface area contributed by atoms with E-state index in [0.29, 0.717) is 12.2 Å². The summed E-state index contributed by atoms with van der Waals surface area (Å²) in [5.41, 5.74) is 1.06. The second kappa shape index (κ2) is 5.87. The molecule has 1 unspecified atom stereocenters. The van der Waals surface area contributed by atoms with Gasteiger partial charge in [-0.2, -0.15) is 0 Å². The lowest BCUT2D eigenvalue weighted by Crippen LogP contribution is -2.38. The van der Waals surface area contributed by atoms with Crippen molar-refractivity contribution in [3.63, 3.8) is 0 Å². The van der Waals surface area contributed by atoms with E-state index in [2.05, 4.69) is 5.32 Å². The maximum Gasteiger partial charge on any atom is 0.138 e. The number of hydrogen-bond donors (Lipinski definition) is 1. The third-order valence-electron chi connectivity index (χ3n) is 3.35. The number of Topliss-reactive ketones (excluding diaryl/α,β-unsaturated/α-hetero) is 1. The van der Waals surface area contributed by atoms with Gasteiger partial charge < -0.3 is 14.8 Å². The fourth-order valence-electron chi connectivity index (χ4n) is 2.28. The first-order valence-corrected chi connectivity index (χ1v) is 6.19. The summed E-state index contributed by atoms with van der Waals surface area (Å²) < 4.78 is 10.5. The zero-order valence-corrected chi connectivity index (χ0v) is 10.9. The molecule has 1 heterocycles. The first-order chi connectivity index (χ1) is 8.74. The Kier molecular flexibility index (Phi) is 4.20. The highest BCUT2D eigenvalue weighted by atomic mass is 16.5. The molecule has 1 saturated heterocycles. The summed E-state index contributed by atoms with van der Waals surface area (Å²) in [5.74, 6) is 1.95. The van der Waals surface area contributed by atoms with Crippen LogP contribution in [0.5, 0.6) is 11.5 Å². The lowest BCUT2D eigenvalue weighted by molar-refractivity contribution is -0.123. The van der Waals surface area contributed by atoms with E-state index < -0.39 is 0 Å². The van der Waals surface area contributed by atoms with Gasteiger partial charge in [-0.3, -0.25) is 4.79 Å². The Morgan fingerprint density at radius 1 is 1.33 bits per heavy atom. The first kappa shape index (κ1) is 12.9. The molecule has 0 amide bonds. The predicted octanol–water partition coefficient (Wildman–Crippen LogP) is 1.42. The van der Waals surface area contributed by atoms with Gasteiger partial charge in [0.25, 0.3) is 0 Å². The highest BCUT2D eigenvalue weighted by Gasteiger charge is 2.23. The van der Waals surface area contributed by atoms with Crippen molar-refractivity contribution < 1.29 is 14.3 Å². The molecule has 1 atom stereocenters. The summed E-state index contributed by atoms with van der Waals surface area (Å²) in [4.78, 5) is 11.8. The molecule has 98 valence electrons. The van der Waals surface area contributed by atoms with Crippen LogP contribution in [0.2, 0.25) is 0 Å². The van der Waals surface area contributed by atoms with Gasteiger partial charge in [-0.25, -0.2) is 0 Å². The fourth-order valence-corrected chi connectivity index (χ4v) is 2.28. The second-order valence-corrected chi connectivity index (χ2v) is 4.50. The normalized spacial score (nSPS) is 19.7. The number of hydrogen-bond acceptors (Lipinski definition) is 4. The van der Waals surface area contributed by atoms with Gasteiger partial charge in [-0.15, -0.1) is 0 Å². The van der Waals surface area contributed by atoms with Crippen molar-refractivity contribution in [2.24, 2.45) is 5.92 Å². The minimum Gasteiger partial charge on any atom is -0.497 e. The molecule has 0 bridgehead atoms. The van der Waals surface area contributed by atoms with E-state index in [9.17, 15) is 4.79 Å². The molecule has 0 aliphatic carbocycles. The van der Waals surface area contributed by atoms with E-state index in [1.807, 2.05) is 18.2 Å². The van der Waals surface area contributed by atoms with Crippen molar-refractivity contribution >= 4 is 5.78 Å². The van der Waals surface area contributed by atoms with Crippen LogP contribution in [0.3, 0.4) is 0 Å². The van der Waals surface area contributed by atoms with Crippen LogP contribution in [-0.2, 0) is 11.2 Å². The standard InChI is InChI=1S/C14H19NO3/c1-17-12-4-3-10(14(8-12)18-2)7-11-9-15-6-5-13(11)16/h3-4,8,11,15H,5-7,9H2,1-2H3. The van der Waals surface area contributed by atoms with Crippen LogP contribution in [0.15, 0.2) is 18.2 Å². The van der Waals surface area contributed by atoms with Crippen molar-refractivity contribution in [2.45, 2.75) is 12.8 Å². The Morgan fingerprint density at radius 3 is 2.83 bits per heavy atom. The molecule has 1 aliphatic heterocycles. The third kappa shape index (κ3) is 2.82. The molecule has 1 aromatic rings. The Bertz CT molecular complexity index is 431. The molecule has 4 heteroatoms. The van der Waals surface area contributed by atoms with Crippen LogP contribution in [0.25, 0.3) is 0 Å². The van der Waals surface area contributed by atoms with Crippen LogP contribution in [-0.4, -0.2) is 33.1 Å². The molecule has 1 aliphatic rings. The van der Waals surface area contributed by atoms with E-state index in [1.165, 1.54) is 0 Å². The number of rotatable bonds is 4. The largest absolute Gasteiger partial charge is 0.497 e. The number of ether oxygens (including phenoxy) is 2. The lowest BCUT2D eigenvalue weighted by atomic mass is 9.91. The molecule has 0 saturated carbocycles. The van der Waals surface area contributed by atoms with Crippen LogP contribution >= 0.6 is 0 Å². The zero-order valence-electron chi connectivity index (χ0n) is 10.9. The lowest BCUT2D eigenvalue weighted by Gasteiger charge is -2.22. The Labute approximate surface area is 107 Å². The summed E-state index contributed by atoms with van der Waals surface area (Å²) in [6.07, 6.45) is 1.35. The van der Waals surface area contributed by atoms with Gasteiger partial charge in [0.15, 0.2) is 0 Å². The molecule has 1 aromatic carbocycles. The highest BCUT2D eigenvalue weighted by Crippen LogP contribution is 2.27. The number of benzene rings is 1. The molecule has 0 aromatic heterocycles. The van der Waals surface area contributed by atoms with Crippen LogP contribution < -0.4 is 14.8 Å². The van der Waals surface area contributed by atoms with Gasteiger partial charge in [-0.05, 0) is 18.1 Å². The fraction of sp³-hybridized carbons (Fsp3) is 0.500. The number of piperidine rings is 1. The van der Waals surface area contributed by atoms with Crippen molar-refractivity contribution in [1.29, 1.82) is 0 Å². The van der Waals surface area contributed by atoms with Gasteiger partial charge in [0.05, 0.1) is 14.2 Å². The van der Waals surface area contributed by atoms with Gasteiger partial charge in [0.2, 0.25) is 0 Å². The quantitative estimate of drug-likeness (QED) is 0.877. The molecule has 18 heavy (non-hydrogen) atoms. The number of carbonyl (C=O) groups is 1. The Morgan fingerprint density at radius 2 is 2.17 bits per heavy atom. The maximum absolute atomic E-state index is 11.8. The van der Waals surface area contributed by atoms with Crippen molar-refractivity contribution in [3.05, 3.63) is 23.8 Å². The van der Waals surface area contributed by atoms with Crippen LogP contribution in [0.1, 0.15) is 12.0 Å². The van der Waals surface area contributed by atoms with E-state index in [-0.39, 0.29) is 5.92 Å². The van der Waals surface area contributed by atoms with Crippen LogP contribution in [0.4, 0.5) is 0 Å². The zero-order chi connectivity index (χ0) is 13.0. The van der Waals surface area contributed by atoms with Gasteiger partial charge in [0, 0.05) is 31.5 Å². The van der Waals surface area contributed by atoms with E-state index in [0.717, 1.165) is 36.6 Å². The van der Waals surface area contributed by atoms with Crippen molar-refractivity contribution in [1.82, 2.24) is 5.32 Å². The maximum atomic E-state index is 11.8. The smallest absolute Gasteiger partial charge is 0.138 e. The average Bonchev–Trinajstić information content (AvgIpc) is 2.41. The van der Waals surface area contributed by atoms with Gasteiger partial charge in [0.1, 0.15) is 17.3 Å². The SMILES string of the molecule is COc1ccc(CC2CNCCC2=O)c(OC)c1. The van der Waals surface area contributed by atoms with Crippen LogP contribution in [0, 0.1) is 5.92 Å². The molecule has 1 N–H and O–H groups in total. The summed E-state index contributed by atoms with van der Waals surface area (Å²) >= 11 is 0. The van der Waals surface area contributed by atoms with Gasteiger partial charge in [-0.1, -0.05) is 6.07 Å². The Balaban J connectivity index is 2.14. The van der Waals surface area contributed by atoms with Crippen molar-refractivity contribution in [2.75, 3.05) is 27.3 Å². The highest BCUT2D eigenvalue weighted by molar-refractivity contribution is 5.82. The average molecular weight is 249 g/mol. The van der Waals surface area contributed by atoms with Crippen molar-refractivity contribution in [3.8, 4) is 11.5 Å². The summed E-state index contributed by atoms with van der Waals surface area (Å²) in [5, 5.41) is 3.26. The Hall–Kier alpha value is -1.55. The number of carbonyl (C=O) groups excluding carboxylic acids is 1. The molecule has 0 radical (unpaired) electrons. The second-order valence-electron chi connectivity index (χ2n) is 4.50. The predicted molar refractivity (Wildman–Crippen MR) is 69.2 cm³/mol. The molecule has 1 fully saturated rings. The molecular formula is C14H19NO3. The summed E-state index contributed by atoms with van der Waals surface area (Å²) in [6, 6.07) is 5.73. The number of ketones is 1. The number of methoxy groups -OCH3 is 2. The topological polar surface area (TPSA) is 47.6 Å². The number of nitrogens with one attached hydrogen (secondary N) is 1.